The van der Waals surface area contributed by atoms with Gasteiger partial charge in [-0.15, -0.1) is 0 Å². The zero-order valence-electron chi connectivity index (χ0n) is 23.6. The summed E-state index contributed by atoms with van der Waals surface area (Å²) in [5, 5.41) is 0.000809. The van der Waals surface area contributed by atoms with Crippen molar-refractivity contribution in [2.45, 2.75) is 91.5 Å². The second kappa shape index (κ2) is 11.8. The van der Waals surface area contributed by atoms with E-state index >= 15 is 0 Å². The molecule has 0 saturated carbocycles. The van der Waals surface area contributed by atoms with Crippen LogP contribution < -0.4 is 5.73 Å². The minimum atomic E-state index is -3.76. The van der Waals surface area contributed by atoms with Crippen LogP contribution in [0.25, 0.3) is 11.2 Å². The Bertz CT molecular complexity index is 1070. The van der Waals surface area contributed by atoms with Crippen LogP contribution in [0.4, 0.5) is 5.82 Å². The van der Waals surface area contributed by atoms with Crippen molar-refractivity contribution in [3.8, 4) is 0 Å². The van der Waals surface area contributed by atoms with E-state index in [4.69, 9.17) is 28.5 Å². The molecular formula is C24H44N5O6PSi. The Morgan fingerprint density at radius 2 is 1.73 bits per heavy atom. The van der Waals surface area contributed by atoms with E-state index in [1.165, 1.54) is 6.33 Å². The number of hydrogen-bond donors (Lipinski definition) is 1. The van der Waals surface area contributed by atoms with Crippen molar-refractivity contribution < 1.29 is 27.3 Å². The van der Waals surface area contributed by atoms with Gasteiger partial charge in [0.1, 0.15) is 11.8 Å². The van der Waals surface area contributed by atoms with Gasteiger partial charge in [0.25, 0.3) is 0 Å². The van der Waals surface area contributed by atoms with E-state index in [1.54, 1.807) is 6.33 Å². The van der Waals surface area contributed by atoms with Gasteiger partial charge < -0.3 is 14.9 Å². The van der Waals surface area contributed by atoms with Crippen LogP contribution >= 0.6 is 7.82 Å². The third kappa shape index (κ3) is 7.59. The van der Waals surface area contributed by atoms with E-state index < -0.39 is 28.5 Å². The molecule has 3 atom stereocenters. The molecule has 1 saturated heterocycles. The third-order valence-electron chi connectivity index (χ3n) is 6.61. The largest absolute Gasteiger partial charge is 0.474 e. The van der Waals surface area contributed by atoms with E-state index in [2.05, 4.69) is 48.8 Å². The molecule has 37 heavy (non-hydrogen) atoms. The van der Waals surface area contributed by atoms with Crippen molar-refractivity contribution in [3.05, 3.63) is 12.7 Å². The molecule has 2 aromatic rings. The number of anilines is 1. The van der Waals surface area contributed by atoms with Gasteiger partial charge in [0, 0.05) is 6.42 Å². The molecule has 0 aliphatic carbocycles. The lowest BCUT2D eigenvalue weighted by molar-refractivity contribution is -0.0479. The standard InChI is InChI=1S/C24H44N5O6PSi/c1-16(2)11-31-36(30,32-12-17(3)4)33-13-18-10-19(35-37(8,9)24(5,6)7)23(34-18)29-15-28-20-21(25)26-14-27-22(20)29/h14-19,23H,10-13H2,1-9H3,(H2,25,26,27)/t18-,19-,23+/m0/s1. The van der Waals surface area contributed by atoms with Crippen molar-refractivity contribution in [1.29, 1.82) is 0 Å². The monoisotopic (exact) mass is 557 g/mol. The van der Waals surface area contributed by atoms with Crippen molar-refractivity contribution >= 4 is 33.1 Å². The summed E-state index contributed by atoms with van der Waals surface area (Å²) in [6.07, 6.45) is 2.36. The van der Waals surface area contributed by atoms with Gasteiger partial charge in [-0.25, -0.2) is 19.5 Å². The fourth-order valence-corrected chi connectivity index (χ4v) is 6.41. The van der Waals surface area contributed by atoms with Crippen molar-refractivity contribution in [2.75, 3.05) is 25.6 Å². The van der Waals surface area contributed by atoms with Gasteiger partial charge in [-0.3, -0.25) is 18.1 Å². The van der Waals surface area contributed by atoms with Gasteiger partial charge in [-0.1, -0.05) is 48.5 Å². The number of rotatable bonds is 12. The fraction of sp³-hybridized carbons (Fsp3) is 0.792. The first-order valence-corrected chi connectivity index (χ1v) is 17.3. The number of phosphoric acid groups is 1. The van der Waals surface area contributed by atoms with Crippen LogP contribution in [0.5, 0.6) is 0 Å². The Morgan fingerprint density at radius 1 is 1.11 bits per heavy atom. The van der Waals surface area contributed by atoms with E-state index in [1.807, 2.05) is 32.3 Å². The molecule has 0 radical (unpaired) electrons. The first-order valence-electron chi connectivity index (χ1n) is 12.9. The van der Waals surface area contributed by atoms with Crippen LogP contribution in [0.1, 0.15) is 61.1 Å². The summed E-state index contributed by atoms with van der Waals surface area (Å²) in [5.74, 6) is 0.657. The second-order valence-corrected chi connectivity index (χ2v) is 18.4. The molecule has 13 heteroatoms. The molecule has 2 aromatic heterocycles. The van der Waals surface area contributed by atoms with Crippen molar-refractivity contribution in [3.63, 3.8) is 0 Å². The lowest BCUT2D eigenvalue weighted by atomic mass is 10.2. The number of nitrogens with two attached hydrogens (primary N) is 1. The summed E-state index contributed by atoms with van der Waals surface area (Å²) in [6.45, 7) is 19.5. The fourth-order valence-electron chi connectivity index (χ4n) is 3.55. The highest BCUT2D eigenvalue weighted by molar-refractivity contribution is 7.48. The lowest BCUT2D eigenvalue weighted by Gasteiger charge is -2.39. The number of nitrogens with zero attached hydrogens (tertiary/aromatic N) is 4. The highest BCUT2D eigenvalue weighted by Crippen LogP contribution is 2.51. The Morgan fingerprint density at radius 3 is 2.30 bits per heavy atom. The molecule has 3 heterocycles. The molecule has 3 rings (SSSR count). The van der Waals surface area contributed by atoms with E-state index in [-0.39, 0.29) is 42.8 Å². The predicted octanol–water partition coefficient (Wildman–Crippen LogP) is 5.56. The van der Waals surface area contributed by atoms with Crippen LogP contribution in [0.3, 0.4) is 0 Å². The van der Waals surface area contributed by atoms with Crippen LogP contribution in [0, 0.1) is 11.8 Å². The Balaban J connectivity index is 1.83. The Labute approximate surface area is 221 Å². The Kier molecular flexibility index (Phi) is 9.59. The first-order chi connectivity index (χ1) is 17.1. The molecule has 0 spiro atoms. The molecule has 0 amide bonds. The highest BCUT2D eigenvalue weighted by Gasteiger charge is 2.46. The SMILES string of the molecule is CC(C)COP(=O)(OCC(C)C)OC[C@@H]1C[C@H](O[Si](C)(C)C(C)(C)C)[C@H](n2cnc3c(N)ncnc32)O1. The van der Waals surface area contributed by atoms with Gasteiger partial charge in [0.2, 0.25) is 0 Å². The average molecular weight is 558 g/mol. The zero-order chi connectivity index (χ0) is 27.6. The second-order valence-electron chi connectivity index (χ2n) is 12.0. The summed E-state index contributed by atoms with van der Waals surface area (Å²) in [7, 11) is -5.92. The average Bonchev–Trinajstić information content (AvgIpc) is 3.38. The summed E-state index contributed by atoms with van der Waals surface area (Å²) in [4.78, 5) is 12.8. The van der Waals surface area contributed by atoms with E-state index in [9.17, 15) is 4.57 Å². The van der Waals surface area contributed by atoms with Crippen LogP contribution in [-0.4, -0.2) is 59.9 Å². The van der Waals surface area contributed by atoms with Crippen molar-refractivity contribution in [2.24, 2.45) is 11.8 Å². The minimum absolute atomic E-state index is 0.000809. The zero-order valence-corrected chi connectivity index (χ0v) is 25.5. The van der Waals surface area contributed by atoms with Gasteiger partial charge in [0.15, 0.2) is 26.0 Å². The lowest BCUT2D eigenvalue weighted by Crippen LogP contribution is -2.45. The quantitative estimate of drug-likeness (QED) is 0.261. The Hall–Kier alpha value is -1.40. The van der Waals surface area contributed by atoms with Crippen LogP contribution in [-0.2, 0) is 27.3 Å². The van der Waals surface area contributed by atoms with Crippen LogP contribution in [0.15, 0.2) is 12.7 Å². The number of hydrogen-bond acceptors (Lipinski definition) is 10. The molecule has 0 bridgehead atoms. The van der Waals surface area contributed by atoms with Gasteiger partial charge >= 0.3 is 7.82 Å². The molecule has 1 fully saturated rings. The number of aromatic nitrogens is 4. The van der Waals surface area contributed by atoms with Crippen LogP contribution in [0.2, 0.25) is 18.1 Å². The normalized spacial score (nSPS) is 21.5. The molecular weight excluding hydrogens is 513 g/mol. The summed E-state index contributed by atoms with van der Waals surface area (Å²) in [5.41, 5.74) is 7.08. The van der Waals surface area contributed by atoms with Gasteiger partial charge in [0.05, 0.1) is 38.4 Å². The minimum Gasteiger partial charge on any atom is -0.409 e. The smallest absolute Gasteiger partial charge is 0.409 e. The summed E-state index contributed by atoms with van der Waals surface area (Å²) >= 11 is 0. The molecule has 0 aromatic carbocycles. The number of imidazole rings is 1. The molecule has 0 unspecified atom stereocenters. The maximum absolute atomic E-state index is 13.4. The first kappa shape index (κ1) is 30.1. The molecule has 210 valence electrons. The molecule has 1 aliphatic rings. The molecule has 1 aliphatic heterocycles. The van der Waals surface area contributed by atoms with Gasteiger partial charge in [-0.2, -0.15) is 0 Å². The van der Waals surface area contributed by atoms with Gasteiger partial charge in [-0.05, 0) is 30.0 Å². The van der Waals surface area contributed by atoms with E-state index in [0.717, 1.165) is 0 Å². The summed E-state index contributed by atoms with van der Waals surface area (Å²) in [6, 6.07) is 0. The third-order valence-corrected chi connectivity index (χ3v) is 12.5. The maximum atomic E-state index is 13.4. The van der Waals surface area contributed by atoms with E-state index in [0.29, 0.717) is 23.4 Å². The molecule has 11 nitrogen and oxygen atoms in total. The maximum Gasteiger partial charge on any atom is 0.474 e. The highest BCUT2D eigenvalue weighted by atomic mass is 31.2. The number of phosphoric ester groups is 1. The topological polar surface area (TPSA) is 133 Å². The number of fused-ring (bicyclic) bond motifs is 1. The van der Waals surface area contributed by atoms with Crippen molar-refractivity contribution in [1.82, 2.24) is 19.5 Å². The molecule has 2 N–H and O–H groups in total. The summed E-state index contributed by atoms with van der Waals surface area (Å²) < 4.78 is 45.4. The number of ether oxygens (including phenoxy) is 1. The number of nitrogen functional groups attached to an aromatic ring is 1. The predicted molar refractivity (Wildman–Crippen MR) is 145 cm³/mol.